The number of nitro groups is 1. The van der Waals surface area contributed by atoms with E-state index in [4.69, 9.17) is 0 Å². The molecule has 0 saturated carbocycles. The number of hydrogen-bond donors (Lipinski definition) is 0. The molecule has 2 aromatic carbocycles. The molecule has 5 nitrogen and oxygen atoms in total. The highest BCUT2D eigenvalue weighted by atomic mass is 19.1. The summed E-state index contributed by atoms with van der Waals surface area (Å²) in [6.07, 6.45) is 3.77. The summed E-state index contributed by atoms with van der Waals surface area (Å²) in [6.45, 7) is 3.55. The predicted molar refractivity (Wildman–Crippen MR) is 92.9 cm³/mol. The molecule has 1 heterocycles. The third kappa shape index (κ3) is 3.42. The van der Waals surface area contributed by atoms with Crippen molar-refractivity contribution in [3.05, 3.63) is 63.5 Å². The standard InChI is InChI=1S/C18H18FN3O2/c1-13-10-15(22(23)24)5-6-17(13)20-12-14-4-7-18(16(19)11-14)21-8-2-3-9-21/h4-7,10-12H,2-3,8-9H2,1H3. The zero-order valence-electron chi connectivity index (χ0n) is 13.4. The highest BCUT2D eigenvalue weighted by molar-refractivity contribution is 5.83. The van der Waals surface area contributed by atoms with E-state index >= 15 is 0 Å². The maximum absolute atomic E-state index is 14.3. The van der Waals surface area contributed by atoms with E-state index in [2.05, 4.69) is 9.89 Å². The second-order valence-electron chi connectivity index (χ2n) is 5.89. The van der Waals surface area contributed by atoms with E-state index in [0.29, 0.717) is 22.5 Å². The number of benzene rings is 2. The monoisotopic (exact) mass is 327 g/mol. The Balaban J connectivity index is 1.79. The summed E-state index contributed by atoms with van der Waals surface area (Å²) in [7, 11) is 0. The minimum Gasteiger partial charge on any atom is -0.369 e. The Morgan fingerprint density at radius 1 is 1.21 bits per heavy atom. The molecule has 6 heteroatoms. The molecule has 0 spiro atoms. The summed E-state index contributed by atoms with van der Waals surface area (Å²) in [5.41, 5.74) is 2.66. The van der Waals surface area contributed by atoms with Crippen LogP contribution >= 0.6 is 0 Å². The molecule has 0 atom stereocenters. The molecule has 0 radical (unpaired) electrons. The zero-order valence-corrected chi connectivity index (χ0v) is 13.4. The molecule has 24 heavy (non-hydrogen) atoms. The number of nitrogens with zero attached hydrogens (tertiary/aromatic N) is 3. The fraction of sp³-hybridized carbons (Fsp3) is 0.278. The first kappa shape index (κ1) is 16.1. The Morgan fingerprint density at radius 2 is 1.96 bits per heavy atom. The van der Waals surface area contributed by atoms with Gasteiger partial charge in [0.1, 0.15) is 5.82 Å². The lowest BCUT2D eigenvalue weighted by Crippen LogP contribution is -2.18. The number of hydrogen-bond acceptors (Lipinski definition) is 4. The maximum atomic E-state index is 14.3. The van der Waals surface area contributed by atoms with Crippen molar-refractivity contribution in [1.29, 1.82) is 0 Å². The molecule has 1 aliphatic rings. The van der Waals surface area contributed by atoms with Gasteiger partial charge in [0.2, 0.25) is 0 Å². The number of anilines is 1. The summed E-state index contributed by atoms with van der Waals surface area (Å²) in [5, 5.41) is 10.7. The Morgan fingerprint density at radius 3 is 2.58 bits per heavy atom. The maximum Gasteiger partial charge on any atom is 0.269 e. The summed E-state index contributed by atoms with van der Waals surface area (Å²) in [6, 6.07) is 9.57. The van der Waals surface area contributed by atoms with E-state index in [1.54, 1.807) is 25.3 Å². The number of aliphatic imine (C=N–C) groups is 1. The molecule has 1 saturated heterocycles. The summed E-state index contributed by atoms with van der Waals surface area (Å²) < 4.78 is 14.3. The minimum atomic E-state index is -0.438. The van der Waals surface area contributed by atoms with Gasteiger partial charge in [0.15, 0.2) is 0 Å². The quantitative estimate of drug-likeness (QED) is 0.475. The molecule has 0 unspecified atom stereocenters. The summed E-state index contributed by atoms with van der Waals surface area (Å²) >= 11 is 0. The van der Waals surface area contributed by atoms with Gasteiger partial charge >= 0.3 is 0 Å². The lowest BCUT2D eigenvalue weighted by Gasteiger charge is -2.18. The van der Waals surface area contributed by atoms with Crippen molar-refractivity contribution < 1.29 is 9.31 Å². The van der Waals surface area contributed by atoms with Crippen molar-refractivity contribution >= 4 is 23.3 Å². The lowest BCUT2D eigenvalue weighted by molar-refractivity contribution is -0.384. The third-order valence-electron chi connectivity index (χ3n) is 4.16. The number of non-ortho nitro benzene ring substituents is 1. The normalized spacial score (nSPS) is 14.5. The molecule has 124 valence electrons. The van der Waals surface area contributed by atoms with Crippen molar-refractivity contribution in [3.63, 3.8) is 0 Å². The van der Waals surface area contributed by atoms with E-state index in [1.807, 2.05) is 6.07 Å². The first-order valence-corrected chi connectivity index (χ1v) is 7.88. The molecule has 0 amide bonds. The lowest BCUT2D eigenvalue weighted by atomic mass is 10.1. The Hall–Kier alpha value is -2.76. The predicted octanol–water partition coefficient (Wildman–Crippen LogP) is 4.39. The molecule has 0 aromatic heterocycles. The second-order valence-corrected chi connectivity index (χ2v) is 5.89. The molecular weight excluding hydrogens is 309 g/mol. The molecule has 1 fully saturated rings. The van der Waals surface area contributed by atoms with Crippen LogP contribution in [0.5, 0.6) is 0 Å². The van der Waals surface area contributed by atoms with Gasteiger partial charge in [-0.25, -0.2) is 4.39 Å². The molecule has 1 aliphatic heterocycles. The SMILES string of the molecule is Cc1cc([N+](=O)[O-])ccc1N=Cc1ccc(N2CCCC2)c(F)c1. The average molecular weight is 327 g/mol. The van der Waals surface area contributed by atoms with Crippen LogP contribution in [0.25, 0.3) is 0 Å². The second kappa shape index (κ2) is 6.78. The van der Waals surface area contributed by atoms with Crippen LogP contribution < -0.4 is 4.90 Å². The van der Waals surface area contributed by atoms with Gasteiger partial charge in [0.05, 0.1) is 16.3 Å². The summed E-state index contributed by atoms with van der Waals surface area (Å²) in [4.78, 5) is 16.7. The molecule has 0 N–H and O–H groups in total. The number of halogens is 1. The van der Waals surface area contributed by atoms with Crippen LogP contribution in [0.4, 0.5) is 21.5 Å². The first-order chi connectivity index (χ1) is 11.5. The van der Waals surface area contributed by atoms with Gasteiger partial charge < -0.3 is 4.90 Å². The van der Waals surface area contributed by atoms with Crippen LogP contribution in [0, 0.1) is 22.9 Å². The van der Waals surface area contributed by atoms with Gasteiger partial charge in [0.25, 0.3) is 5.69 Å². The van der Waals surface area contributed by atoms with Crippen LogP contribution in [0.1, 0.15) is 24.0 Å². The molecule has 2 aromatic rings. The average Bonchev–Trinajstić information content (AvgIpc) is 3.07. The topological polar surface area (TPSA) is 58.7 Å². The van der Waals surface area contributed by atoms with Crippen molar-refractivity contribution in [3.8, 4) is 0 Å². The van der Waals surface area contributed by atoms with Gasteiger partial charge in [0, 0.05) is 31.4 Å². The van der Waals surface area contributed by atoms with Crippen molar-refractivity contribution in [2.24, 2.45) is 4.99 Å². The van der Waals surface area contributed by atoms with Gasteiger partial charge in [-0.05, 0) is 49.1 Å². The van der Waals surface area contributed by atoms with E-state index in [1.165, 1.54) is 18.2 Å². The largest absolute Gasteiger partial charge is 0.369 e. The Bertz CT molecular complexity index is 799. The van der Waals surface area contributed by atoms with Crippen LogP contribution in [0.2, 0.25) is 0 Å². The van der Waals surface area contributed by atoms with Crippen molar-refractivity contribution in [2.45, 2.75) is 19.8 Å². The third-order valence-corrected chi connectivity index (χ3v) is 4.16. The van der Waals surface area contributed by atoms with Crippen molar-refractivity contribution in [2.75, 3.05) is 18.0 Å². The molecule has 0 bridgehead atoms. The number of rotatable bonds is 4. The summed E-state index contributed by atoms with van der Waals surface area (Å²) in [5.74, 6) is -0.249. The fourth-order valence-corrected chi connectivity index (χ4v) is 2.86. The highest BCUT2D eigenvalue weighted by Gasteiger charge is 2.15. The van der Waals surface area contributed by atoms with Crippen LogP contribution in [-0.4, -0.2) is 24.2 Å². The van der Waals surface area contributed by atoms with E-state index in [-0.39, 0.29) is 11.5 Å². The van der Waals surface area contributed by atoms with Crippen molar-refractivity contribution in [1.82, 2.24) is 0 Å². The van der Waals surface area contributed by atoms with Gasteiger partial charge in [-0.3, -0.25) is 15.1 Å². The minimum absolute atomic E-state index is 0.0347. The van der Waals surface area contributed by atoms with Crippen LogP contribution in [-0.2, 0) is 0 Å². The van der Waals surface area contributed by atoms with E-state index in [9.17, 15) is 14.5 Å². The van der Waals surface area contributed by atoms with Gasteiger partial charge in [-0.1, -0.05) is 6.07 Å². The van der Waals surface area contributed by atoms with Gasteiger partial charge in [-0.2, -0.15) is 0 Å². The fourth-order valence-electron chi connectivity index (χ4n) is 2.86. The van der Waals surface area contributed by atoms with E-state index in [0.717, 1.165) is 25.9 Å². The zero-order chi connectivity index (χ0) is 17.1. The van der Waals surface area contributed by atoms with Gasteiger partial charge in [-0.15, -0.1) is 0 Å². The first-order valence-electron chi connectivity index (χ1n) is 7.88. The Kier molecular flexibility index (Phi) is 4.55. The number of nitro benzene ring substituents is 1. The highest BCUT2D eigenvalue weighted by Crippen LogP contribution is 2.26. The van der Waals surface area contributed by atoms with Crippen LogP contribution in [0.15, 0.2) is 41.4 Å². The smallest absolute Gasteiger partial charge is 0.269 e. The van der Waals surface area contributed by atoms with Crippen LogP contribution in [0.3, 0.4) is 0 Å². The molecule has 0 aliphatic carbocycles. The number of aryl methyl sites for hydroxylation is 1. The molecule has 3 rings (SSSR count). The molecular formula is C18H18FN3O2. The van der Waals surface area contributed by atoms with E-state index < -0.39 is 4.92 Å². The Labute approximate surface area is 139 Å².